The van der Waals surface area contributed by atoms with Gasteiger partial charge in [0.1, 0.15) is 0 Å². The first-order chi connectivity index (χ1) is 8.69. The van der Waals surface area contributed by atoms with E-state index in [1.807, 2.05) is 6.26 Å². The molecule has 18 heavy (non-hydrogen) atoms. The maximum absolute atomic E-state index is 11.7. The van der Waals surface area contributed by atoms with Crippen molar-refractivity contribution in [1.82, 2.24) is 15.2 Å². The average Bonchev–Trinajstić information content (AvgIpc) is 2.80. The highest BCUT2D eigenvalue weighted by molar-refractivity contribution is 7.98. The number of halogens is 1. The van der Waals surface area contributed by atoms with Crippen molar-refractivity contribution < 1.29 is 4.79 Å². The van der Waals surface area contributed by atoms with Gasteiger partial charge in [-0.25, -0.2) is 9.89 Å². The number of carbonyl (C=O) groups is 1. The van der Waals surface area contributed by atoms with E-state index in [9.17, 15) is 4.79 Å². The predicted octanol–water partition coefficient (Wildman–Crippen LogP) is 2.82. The molecule has 0 fully saturated rings. The molecular weight excluding hydrogens is 274 g/mol. The van der Waals surface area contributed by atoms with Crippen molar-refractivity contribution in [3.05, 3.63) is 29.3 Å². The number of para-hydroxylation sites is 1. The van der Waals surface area contributed by atoms with Gasteiger partial charge in [-0.3, -0.25) is 5.32 Å². The molecule has 0 aliphatic rings. The molecule has 0 saturated carbocycles. The summed E-state index contributed by atoms with van der Waals surface area (Å²) in [5, 5.41) is 12.6. The lowest BCUT2D eigenvalue weighted by molar-refractivity contribution is 0.262. The van der Waals surface area contributed by atoms with Crippen LogP contribution < -0.4 is 10.6 Å². The average molecular weight is 284 g/mol. The van der Waals surface area contributed by atoms with Gasteiger partial charge in [0.05, 0.1) is 10.7 Å². The van der Waals surface area contributed by atoms with E-state index in [-0.39, 0.29) is 5.95 Å². The molecule has 0 saturated heterocycles. The fraction of sp³-hybridized carbons (Fsp3) is 0.100. The Hall–Kier alpha value is -1.73. The van der Waals surface area contributed by atoms with E-state index in [1.165, 1.54) is 11.8 Å². The second kappa shape index (κ2) is 5.74. The normalized spacial score (nSPS) is 10.1. The van der Waals surface area contributed by atoms with E-state index in [4.69, 9.17) is 11.6 Å². The van der Waals surface area contributed by atoms with E-state index >= 15 is 0 Å². The molecule has 0 radical (unpaired) electrons. The van der Waals surface area contributed by atoms with E-state index in [0.29, 0.717) is 15.9 Å². The lowest BCUT2D eigenvalue weighted by Crippen LogP contribution is -2.20. The monoisotopic (exact) mass is 283 g/mol. The van der Waals surface area contributed by atoms with Crippen molar-refractivity contribution in [2.75, 3.05) is 16.9 Å². The highest BCUT2D eigenvalue weighted by Crippen LogP contribution is 2.20. The summed E-state index contributed by atoms with van der Waals surface area (Å²) in [6.45, 7) is 0. The molecule has 2 amide bonds. The number of nitrogens with zero attached hydrogens (tertiary/aromatic N) is 2. The second-order valence-corrected chi connectivity index (χ2v) is 4.41. The summed E-state index contributed by atoms with van der Waals surface area (Å²) in [5.74, 6) is 0.281. The van der Waals surface area contributed by atoms with Crippen LogP contribution in [0.25, 0.3) is 0 Å². The zero-order valence-electron chi connectivity index (χ0n) is 9.40. The maximum Gasteiger partial charge on any atom is 0.326 e. The maximum atomic E-state index is 11.7. The second-order valence-electron chi connectivity index (χ2n) is 3.23. The van der Waals surface area contributed by atoms with E-state index in [1.54, 1.807) is 24.3 Å². The van der Waals surface area contributed by atoms with Crippen molar-refractivity contribution in [2.24, 2.45) is 0 Å². The number of amides is 2. The SMILES string of the molecule is CSc1n[nH]c(NC(=O)Nc2ccccc2Cl)n1. The summed E-state index contributed by atoms with van der Waals surface area (Å²) >= 11 is 7.29. The molecule has 0 aliphatic carbocycles. The molecular formula is C10H10ClN5OS. The van der Waals surface area contributed by atoms with Gasteiger partial charge in [-0.1, -0.05) is 35.5 Å². The van der Waals surface area contributed by atoms with Crippen molar-refractivity contribution in [1.29, 1.82) is 0 Å². The Kier molecular flexibility index (Phi) is 4.06. The van der Waals surface area contributed by atoms with Crippen LogP contribution in [0.2, 0.25) is 5.02 Å². The third-order valence-electron chi connectivity index (χ3n) is 2.00. The van der Waals surface area contributed by atoms with Gasteiger partial charge in [-0.15, -0.1) is 5.10 Å². The smallest absolute Gasteiger partial charge is 0.306 e. The number of nitrogens with one attached hydrogen (secondary N) is 3. The molecule has 1 aromatic carbocycles. The number of carbonyl (C=O) groups excluding carboxylic acids is 1. The van der Waals surface area contributed by atoms with E-state index < -0.39 is 6.03 Å². The molecule has 94 valence electrons. The Balaban J connectivity index is 1.99. The number of hydrogen-bond acceptors (Lipinski definition) is 4. The van der Waals surface area contributed by atoms with Crippen LogP contribution in [0.5, 0.6) is 0 Å². The largest absolute Gasteiger partial charge is 0.326 e. The number of rotatable bonds is 3. The first-order valence-corrected chi connectivity index (χ1v) is 6.58. The summed E-state index contributed by atoms with van der Waals surface area (Å²) in [6.07, 6.45) is 1.84. The Bertz CT molecular complexity index is 559. The quantitative estimate of drug-likeness (QED) is 0.757. The van der Waals surface area contributed by atoms with Crippen molar-refractivity contribution >= 4 is 41.0 Å². The Morgan fingerprint density at radius 2 is 2.17 bits per heavy atom. The summed E-state index contributed by atoms with van der Waals surface area (Å²) < 4.78 is 0. The lowest BCUT2D eigenvalue weighted by Gasteiger charge is -2.06. The Morgan fingerprint density at radius 1 is 1.39 bits per heavy atom. The van der Waals surface area contributed by atoms with Gasteiger partial charge in [0.15, 0.2) is 0 Å². The van der Waals surface area contributed by atoms with Crippen molar-refractivity contribution in [2.45, 2.75) is 5.16 Å². The van der Waals surface area contributed by atoms with Gasteiger partial charge in [-0.05, 0) is 18.4 Å². The number of hydrogen-bond donors (Lipinski definition) is 3. The third kappa shape index (κ3) is 3.14. The van der Waals surface area contributed by atoms with Crippen LogP contribution in [0, 0.1) is 0 Å². The summed E-state index contributed by atoms with van der Waals surface area (Å²) in [4.78, 5) is 15.7. The molecule has 2 rings (SSSR count). The van der Waals surface area contributed by atoms with Crippen LogP contribution in [0.1, 0.15) is 0 Å². The molecule has 3 N–H and O–H groups in total. The van der Waals surface area contributed by atoms with Crippen LogP contribution in [-0.4, -0.2) is 27.5 Å². The summed E-state index contributed by atoms with van der Waals surface area (Å²) in [6, 6.07) is 6.52. The van der Waals surface area contributed by atoms with Crippen molar-refractivity contribution in [3.63, 3.8) is 0 Å². The fourth-order valence-electron chi connectivity index (χ4n) is 1.22. The summed E-state index contributed by atoms with van der Waals surface area (Å²) in [7, 11) is 0. The van der Waals surface area contributed by atoms with Gasteiger partial charge in [0.2, 0.25) is 11.1 Å². The first-order valence-electron chi connectivity index (χ1n) is 4.98. The van der Waals surface area contributed by atoms with Crippen molar-refractivity contribution in [3.8, 4) is 0 Å². The minimum atomic E-state index is -0.438. The van der Waals surface area contributed by atoms with Crippen LogP contribution in [0.4, 0.5) is 16.4 Å². The molecule has 8 heteroatoms. The molecule has 2 aromatic rings. The summed E-state index contributed by atoms with van der Waals surface area (Å²) in [5.41, 5.74) is 0.529. The lowest BCUT2D eigenvalue weighted by atomic mass is 10.3. The number of thioether (sulfide) groups is 1. The van der Waals surface area contributed by atoms with Gasteiger partial charge < -0.3 is 5.32 Å². The highest BCUT2D eigenvalue weighted by Gasteiger charge is 2.08. The predicted molar refractivity (Wildman–Crippen MR) is 72.3 cm³/mol. The number of benzene rings is 1. The number of aromatic amines is 1. The molecule has 0 spiro atoms. The first kappa shape index (κ1) is 12.7. The highest BCUT2D eigenvalue weighted by atomic mass is 35.5. The number of aromatic nitrogens is 3. The van der Waals surface area contributed by atoms with Gasteiger partial charge in [0, 0.05) is 0 Å². The Morgan fingerprint density at radius 3 is 2.83 bits per heavy atom. The van der Waals surface area contributed by atoms with Crippen LogP contribution in [0.3, 0.4) is 0 Å². The number of H-pyrrole nitrogens is 1. The minimum absolute atomic E-state index is 0.281. The molecule has 6 nitrogen and oxygen atoms in total. The fourth-order valence-corrected chi connectivity index (χ4v) is 1.72. The van der Waals surface area contributed by atoms with Crippen LogP contribution in [-0.2, 0) is 0 Å². The molecule has 0 unspecified atom stereocenters. The zero-order valence-corrected chi connectivity index (χ0v) is 11.0. The molecule has 0 bridgehead atoms. The number of urea groups is 1. The molecule has 0 atom stereocenters. The molecule has 1 aromatic heterocycles. The minimum Gasteiger partial charge on any atom is -0.306 e. The van der Waals surface area contributed by atoms with Crippen LogP contribution >= 0.6 is 23.4 Å². The van der Waals surface area contributed by atoms with E-state index in [0.717, 1.165) is 0 Å². The van der Waals surface area contributed by atoms with Gasteiger partial charge in [0.25, 0.3) is 0 Å². The Labute approximate surface area is 113 Å². The zero-order chi connectivity index (χ0) is 13.0. The third-order valence-corrected chi connectivity index (χ3v) is 2.88. The topological polar surface area (TPSA) is 82.7 Å². The standard InChI is InChI=1S/C10H10ClN5OS/c1-18-10-14-8(15-16-10)13-9(17)12-7-5-3-2-4-6(7)11/h2-5H,1H3,(H3,12,13,14,15,16,17). The van der Waals surface area contributed by atoms with Crippen LogP contribution in [0.15, 0.2) is 29.4 Å². The molecule has 1 heterocycles. The molecule has 0 aliphatic heterocycles. The number of anilines is 2. The van der Waals surface area contributed by atoms with Gasteiger partial charge in [-0.2, -0.15) is 4.98 Å². The van der Waals surface area contributed by atoms with Gasteiger partial charge >= 0.3 is 6.03 Å². The van der Waals surface area contributed by atoms with E-state index in [2.05, 4.69) is 25.8 Å².